The number of rotatable bonds is 4. The van der Waals surface area contributed by atoms with E-state index >= 15 is 0 Å². The Morgan fingerprint density at radius 1 is 1.29 bits per heavy atom. The first-order valence-corrected chi connectivity index (χ1v) is 9.40. The summed E-state index contributed by atoms with van der Waals surface area (Å²) in [4.78, 5) is 20.6. The van der Waals surface area contributed by atoms with Crippen LogP contribution in [0.3, 0.4) is 0 Å². The number of aromatic nitrogens is 2. The lowest BCUT2D eigenvalue weighted by atomic mass is 9.98. The summed E-state index contributed by atoms with van der Waals surface area (Å²) >= 11 is 1.78. The second kappa shape index (κ2) is 7.05. The maximum atomic E-state index is 12.6. The molecule has 0 radical (unpaired) electrons. The van der Waals surface area contributed by atoms with Crippen LogP contribution in [0, 0.1) is 27.7 Å². The molecule has 1 amide bonds. The van der Waals surface area contributed by atoms with Crippen LogP contribution < -0.4 is 0 Å². The number of piperidine rings is 1. The smallest absolute Gasteiger partial charge is 0.222 e. The van der Waals surface area contributed by atoms with E-state index in [2.05, 4.69) is 19.0 Å². The van der Waals surface area contributed by atoms with Gasteiger partial charge in [-0.25, -0.2) is 4.98 Å². The highest BCUT2D eigenvalue weighted by molar-refractivity contribution is 7.11. The molecule has 130 valence electrons. The van der Waals surface area contributed by atoms with Gasteiger partial charge in [-0.2, -0.15) is 0 Å². The number of hydrogen-bond acceptors (Lipinski definition) is 5. The lowest BCUT2D eigenvalue weighted by Crippen LogP contribution is -2.39. The third-order valence-electron chi connectivity index (χ3n) is 4.94. The summed E-state index contributed by atoms with van der Waals surface area (Å²) in [5, 5.41) is 5.15. The number of hydrogen-bond donors (Lipinski definition) is 0. The fourth-order valence-electron chi connectivity index (χ4n) is 3.33. The van der Waals surface area contributed by atoms with Crippen LogP contribution in [0.5, 0.6) is 0 Å². The molecule has 0 aromatic carbocycles. The molecular formula is C18H25N3O2S. The van der Waals surface area contributed by atoms with Crippen LogP contribution in [-0.2, 0) is 11.2 Å². The fourth-order valence-corrected chi connectivity index (χ4v) is 4.37. The van der Waals surface area contributed by atoms with Crippen molar-refractivity contribution in [1.82, 2.24) is 15.0 Å². The molecule has 5 nitrogen and oxygen atoms in total. The van der Waals surface area contributed by atoms with Gasteiger partial charge in [0, 0.05) is 35.9 Å². The molecule has 24 heavy (non-hydrogen) atoms. The Hall–Kier alpha value is -1.69. The molecule has 0 saturated carbocycles. The summed E-state index contributed by atoms with van der Waals surface area (Å²) in [6.45, 7) is 9.67. The van der Waals surface area contributed by atoms with Crippen molar-refractivity contribution in [3.8, 4) is 0 Å². The zero-order chi connectivity index (χ0) is 17.3. The Labute approximate surface area is 147 Å². The van der Waals surface area contributed by atoms with Crippen molar-refractivity contribution in [3.05, 3.63) is 32.6 Å². The highest BCUT2D eigenvalue weighted by Gasteiger charge is 2.27. The highest BCUT2D eigenvalue weighted by Crippen LogP contribution is 2.31. The van der Waals surface area contributed by atoms with Crippen molar-refractivity contribution in [2.75, 3.05) is 13.1 Å². The Bertz CT molecular complexity index is 696. The molecule has 0 aliphatic carbocycles. The summed E-state index contributed by atoms with van der Waals surface area (Å²) in [7, 11) is 0. The van der Waals surface area contributed by atoms with Crippen LogP contribution in [0.25, 0.3) is 0 Å². The monoisotopic (exact) mass is 347 g/mol. The van der Waals surface area contributed by atoms with E-state index in [-0.39, 0.29) is 5.91 Å². The molecular weight excluding hydrogens is 322 g/mol. The second-order valence-corrected chi connectivity index (χ2v) is 7.91. The summed E-state index contributed by atoms with van der Waals surface area (Å²) in [5.41, 5.74) is 3.09. The van der Waals surface area contributed by atoms with Crippen LogP contribution >= 0.6 is 11.3 Å². The largest absolute Gasteiger partial charge is 0.361 e. The number of likely N-dealkylation sites (tertiary alicyclic amines) is 1. The number of carbonyl (C=O) groups excluding carboxylic acids is 1. The van der Waals surface area contributed by atoms with E-state index in [0.29, 0.717) is 18.8 Å². The lowest BCUT2D eigenvalue weighted by Gasteiger charge is -2.32. The Morgan fingerprint density at radius 3 is 2.71 bits per heavy atom. The van der Waals surface area contributed by atoms with Gasteiger partial charge in [0.2, 0.25) is 5.91 Å². The molecule has 2 aromatic rings. The summed E-state index contributed by atoms with van der Waals surface area (Å²) in [5.74, 6) is 1.44. The minimum absolute atomic E-state index is 0.227. The molecule has 1 unspecified atom stereocenters. The van der Waals surface area contributed by atoms with Crippen molar-refractivity contribution in [1.29, 1.82) is 0 Å². The quantitative estimate of drug-likeness (QED) is 0.846. The summed E-state index contributed by atoms with van der Waals surface area (Å²) in [6.07, 6.45) is 3.40. The Balaban J connectivity index is 1.61. The average Bonchev–Trinajstić information content (AvgIpc) is 3.08. The van der Waals surface area contributed by atoms with Crippen molar-refractivity contribution in [3.63, 3.8) is 0 Å². The first-order chi connectivity index (χ1) is 11.5. The number of thiazole rings is 1. The van der Waals surface area contributed by atoms with Gasteiger partial charge in [-0.1, -0.05) is 5.16 Å². The number of aryl methyl sites for hydroxylation is 4. The number of nitrogens with zero attached hydrogens (tertiary/aromatic N) is 3. The van der Waals surface area contributed by atoms with Crippen LogP contribution in [0.2, 0.25) is 0 Å². The molecule has 3 rings (SSSR count). The van der Waals surface area contributed by atoms with Crippen LogP contribution in [0.1, 0.15) is 57.8 Å². The zero-order valence-corrected chi connectivity index (χ0v) is 15.7. The standard InChI is InChI=1S/C18H25N3O2S/c1-11-14(4)24-18(19-11)15-6-5-9-21(10-15)17(22)8-7-16-12(2)20-23-13(16)3/h15H,5-10H2,1-4H3. The molecule has 1 fully saturated rings. The van der Waals surface area contributed by atoms with Crippen molar-refractivity contribution >= 4 is 17.2 Å². The van der Waals surface area contributed by atoms with E-state index in [4.69, 9.17) is 9.51 Å². The van der Waals surface area contributed by atoms with Gasteiger partial charge in [-0.15, -0.1) is 11.3 Å². The number of carbonyl (C=O) groups is 1. The predicted molar refractivity (Wildman–Crippen MR) is 94.4 cm³/mol. The Kier molecular flexibility index (Phi) is 5.04. The third kappa shape index (κ3) is 3.53. The normalized spacial score (nSPS) is 18.2. The fraction of sp³-hybridized carbons (Fsp3) is 0.611. The molecule has 1 saturated heterocycles. The van der Waals surface area contributed by atoms with Gasteiger partial charge in [0.25, 0.3) is 0 Å². The minimum Gasteiger partial charge on any atom is -0.361 e. The SMILES string of the molecule is Cc1nc(C2CCCN(C(=O)CCc3c(C)noc3C)C2)sc1C. The maximum absolute atomic E-state index is 12.6. The molecule has 0 bridgehead atoms. The number of amides is 1. The lowest BCUT2D eigenvalue weighted by molar-refractivity contribution is -0.132. The zero-order valence-electron chi connectivity index (χ0n) is 14.9. The molecule has 1 atom stereocenters. The van der Waals surface area contributed by atoms with Crippen molar-refractivity contribution in [2.45, 2.75) is 59.3 Å². The van der Waals surface area contributed by atoms with E-state index in [1.807, 2.05) is 18.7 Å². The van der Waals surface area contributed by atoms with Gasteiger partial charge in [0.15, 0.2) is 0 Å². The molecule has 0 N–H and O–H groups in total. The molecule has 1 aliphatic rings. The van der Waals surface area contributed by atoms with Crippen LogP contribution in [-0.4, -0.2) is 34.0 Å². The van der Waals surface area contributed by atoms with E-state index in [1.54, 1.807) is 11.3 Å². The van der Waals surface area contributed by atoms with Gasteiger partial charge < -0.3 is 9.42 Å². The van der Waals surface area contributed by atoms with Gasteiger partial charge in [0.05, 0.1) is 16.4 Å². The van der Waals surface area contributed by atoms with Crippen LogP contribution in [0.15, 0.2) is 4.52 Å². The minimum atomic E-state index is 0.227. The Morgan fingerprint density at radius 2 is 2.08 bits per heavy atom. The average molecular weight is 347 g/mol. The molecule has 6 heteroatoms. The van der Waals surface area contributed by atoms with Crippen molar-refractivity contribution in [2.24, 2.45) is 0 Å². The summed E-state index contributed by atoms with van der Waals surface area (Å²) in [6, 6.07) is 0. The van der Waals surface area contributed by atoms with Gasteiger partial charge in [-0.3, -0.25) is 4.79 Å². The maximum Gasteiger partial charge on any atom is 0.222 e. The summed E-state index contributed by atoms with van der Waals surface area (Å²) < 4.78 is 5.18. The van der Waals surface area contributed by atoms with Gasteiger partial charge in [0.1, 0.15) is 5.76 Å². The first kappa shape index (κ1) is 17.1. The third-order valence-corrected chi connectivity index (χ3v) is 6.17. The predicted octanol–water partition coefficient (Wildman–Crippen LogP) is 3.70. The first-order valence-electron chi connectivity index (χ1n) is 8.59. The van der Waals surface area contributed by atoms with Crippen LogP contribution in [0.4, 0.5) is 0 Å². The van der Waals surface area contributed by atoms with E-state index in [0.717, 1.165) is 48.6 Å². The highest BCUT2D eigenvalue weighted by atomic mass is 32.1. The second-order valence-electron chi connectivity index (χ2n) is 6.68. The molecule has 3 heterocycles. The molecule has 2 aromatic heterocycles. The molecule has 0 spiro atoms. The van der Waals surface area contributed by atoms with Crippen molar-refractivity contribution < 1.29 is 9.32 Å². The van der Waals surface area contributed by atoms with Gasteiger partial charge >= 0.3 is 0 Å². The van der Waals surface area contributed by atoms with E-state index in [9.17, 15) is 4.79 Å². The van der Waals surface area contributed by atoms with E-state index in [1.165, 1.54) is 9.88 Å². The van der Waals surface area contributed by atoms with E-state index < -0.39 is 0 Å². The van der Waals surface area contributed by atoms with Gasteiger partial charge in [-0.05, 0) is 47.0 Å². The molecule has 1 aliphatic heterocycles. The topological polar surface area (TPSA) is 59.2 Å².